The highest BCUT2D eigenvalue weighted by Gasteiger charge is 2.32. The molecule has 2 aliphatic rings. The van der Waals surface area contributed by atoms with E-state index in [9.17, 15) is 32.7 Å². The van der Waals surface area contributed by atoms with Crippen LogP contribution in [0.4, 0.5) is 24.5 Å². The number of nitrogens with one attached hydrogen (secondary N) is 1. The van der Waals surface area contributed by atoms with Crippen molar-refractivity contribution in [3.05, 3.63) is 68.7 Å². The normalized spacial score (nSPS) is 15.5. The average molecular weight is 688 g/mol. The first-order chi connectivity index (χ1) is 22.9. The molecule has 6 rings (SSSR count). The van der Waals surface area contributed by atoms with Crippen LogP contribution < -0.4 is 15.8 Å². The summed E-state index contributed by atoms with van der Waals surface area (Å²) in [5.41, 5.74) is -0.0202. The number of alkyl halides is 3. The van der Waals surface area contributed by atoms with Gasteiger partial charge in [-0.1, -0.05) is 24.6 Å². The minimum atomic E-state index is -4.62. The van der Waals surface area contributed by atoms with E-state index in [2.05, 4.69) is 25.4 Å². The summed E-state index contributed by atoms with van der Waals surface area (Å²) in [5, 5.41) is 16.4. The number of fused-ring (bicyclic) bond motifs is 1. The maximum atomic E-state index is 14.1. The van der Waals surface area contributed by atoms with Gasteiger partial charge in [0, 0.05) is 44.4 Å². The lowest BCUT2D eigenvalue weighted by Crippen LogP contribution is -2.51. The van der Waals surface area contributed by atoms with Gasteiger partial charge in [0.2, 0.25) is 23.4 Å². The fourth-order valence-corrected chi connectivity index (χ4v) is 5.92. The Labute approximate surface area is 275 Å². The molecule has 1 saturated heterocycles. The number of hydrogen-bond donors (Lipinski definition) is 2. The number of nitrogens with zero attached hydrogens (tertiary/aromatic N) is 8. The van der Waals surface area contributed by atoms with Crippen LogP contribution in [0, 0.1) is 0 Å². The molecule has 0 aliphatic carbocycles. The predicted octanol–water partition coefficient (Wildman–Crippen LogP) is 2.92. The van der Waals surface area contributed by atoms with Crippen molar-refractivity contribution in [2.75, 3.05) is 49.6 Å². The monoisotopic (exact) mass is 687 g/mol. The smallest absolute Gasteiger partial charge is 0.416 e. The van der Waals surface area contributed by atoms with Crippen LogP contribution in [-0.2, 0) is 33.5 Å². The second-order valence-corrected chi connectivity index (χ2v) is 11.4. The lowest BCUT2D eigenvalue weighted by molar-refractivity contribution is -0.137. The van der Waals surface area contributed by atoms with Crippen LogP contribution in [0.15, 0.2) is 46.9 Å². The van der Waals surface area contributed by atoms with Gasteiger partial charge in [0.15, 0.2) is 0 Å². The lowest BCUT2D eigenvalue weighted by atomic mass is 10.1. The zero-order chi connectivity index (χ0) is 34.2. The molecule has 2 N–H and O–H groups in total. The second-order valence-electron chi connectivity index (χ2n) is 11.0. The highest BCUT2D eigenvalue weighted by atomic mass is 35.5. The maximum Gasteiger partial charge on any atom is 0.416 e. The summed E-state index contributed by atoms with van der Waals surface area (Å²) in [5.74, 6) is -0.770. The first-order valence-corrected chi connectivity index (χ1v) is 15.3. The van der Waals surface area contributed by atoms with E-state index in [0.29, 0.717) is 57.1 Å². The van der Waals surface area contributed by atoms with Crippen LogP contribution in [0.25, 0.3) is 17.3 Å². The molecule has 0 atom stereocenters. The van der Waals surface area contributed by atoms with Crippen LogP contribution >= 0.6 is 11.6 Å². The van der Waals surface area contributed by atoms with E-state index in [1.54, 1.807) is 17.9 Å². The minimum absolute atomic E-state index is 0.0114. The first kappa shape index (κ1) is 32.9. The molecule has 0 bridgehead atoms. The van der Waals surface area contributed by atoms with Crippen LogP contribution in [0.2, 0.25) is 5.02 Å². The number of halogens is 4. The van der Waals surface area contributed by atoms with Gasteiger partial charge in [0.1, 0.15) is 17.9 Å². The van der Waals surface area contributed by atoms with Crippen LogP contribution in [-0.4, -0.2) is 90.3 Å². The van der Waals surface area contributed by atoms with Crippen molar-refractivity contribution in [1.29, 1.82) is 0 Å². The summed E-state index contributed by atoms with van der Waals surface area (Å²) in [6, 6.07) is 3.49. The molecular weight excluding hydrogens is 659 g/mol. The van der Waals surface area contributed by atoms with Crippen LogP contribution in [0.3, 0.4) is 0 Å². The molecule has 0 saturated carbocycles. The quantitative estimate of drug-likeness (QED) is 0.296. The maximum absolute atomic E-state index is 14.1. The third kappa shape index (κ3) is 6.55. The molecule has 14 nitrogen and oxygen atoms in total. The molecule has 2 amide bonds. The predicted molar refractivity (Wildman–Crippen MR) is 167 cm³/mol. The third-order valence-corrected chi connectivity index (χ3v) is 8.34. The van der Waals surface area contributed by atoms with Crippen molar-refractivity contribution >= 4 is 40.6 Å². The number of piperazine rings is 1. The van der Waals surface area contributed by atoms with Gasteiger partial charge in [-0.25, -0.2) is 4.98 Å². The fourth-order valence-electron chi connectivity index (χ4n) is 5.69. The Morgan fingerprint density at radius 1 is 1.12 bits per heavy atom. The number of carbonyl (C=O) groups is 2. The van der Waals surface area contributed by atoms with Gasteiger partial charge in [0.05, 0.1) is 35.2 Å². The van der Waals surface area contributed by atoms with Crippen molar-refractivity contribution in [3.8, 4) is 17.5 Å². The standard InChI is InChI=1S/C30H29ClF3N9O5/c1-2-22-24(40-9-11-41(12-10-40)26(45)17-6-13-48-14-7-17)27(46)43-29(38-25(39-43)21-5-8-35-28(47)37-21)42(22)16-23(44)36-20-4-3-18(15-19(20)31)30(32,33)34/h3-6,8,15H,2,7,9-14,16H2,1H3,(H,36,44)(H,35,37,47). The lowest BCUT2D eigenvalue weighted by Gasteiger charge is -2.37. The molecule has 4 aromatic rings. The summed E-state index contributed by atoms with van der Waals surface area (Å²) in [4.78, 5) is 56.2. The SMILES string of the molecule is CCc1c(N2CCN(C(=O)C3=CCOCC3)CC2)c(=O)n2nc(-c3ccnc(O)n3)nc2n1CC(=O)Nc1ccc(C(F)(F)F)cc1Cl. The number of rotatable bonds is 7. The minimum Gasteiger partial charge on any atom is -0.479 e. The van der Waals surface area contributed by atoms with E-state index in [1.165, 1.54) is 16.8 Å². The number of aromatic hydroxyl groups is 1. The van der Waals surface area contributed by atoms with Crippen molar-refractivity contribution < 1.29 is 32.6 Å². The molecule has 0 radical (unpaired) electrons. The topological polar surface area (TPSA) is 160 Å². The number of anilines is 2. The van der Waals surface area contributed by atoms with Gasteiger partial charge in [-0.3, -0.25) is 14.4 Å². The number of benzene rings is 1. The van der Waals surface area contributed by atoms with Crippen molar-refractivity contribution in [3.63, 3.8) is 0 Å². The Hall–Kier alpha value is -5.03. The molecule has 0 spiro atoms. The van der Waals surface area contributed by atoms with E-state index in [0.717, 1.165) is 22.7 Å². The summed E-state index contributed by atoms with van der Waals surface area (Å²) in [6.45, 7) is 3.56. The molecule has 3 aromatic heterocycles. The average Bonchev–Trinajstić information content (AvgIpc) is 3.53. The van der Waals surface area contributed by atoms with E-state index >= 15 is 0 Å². The van der Waals surface area contributed by atoms with Gasteiger partial charge >= 0.3 is 12.2 Å². The van der Waals surface area contributed by atoms with E-state index in [-0.39, 0.29) is 46.0 Å². The fraction of sp³-hybridized carbons (Fsp3) is 0.367. The Morgan fingerprint density at radius 3 is 2.54 bits per heavy atom. The number of carbonyl (C=O) groups excluding carboxylic acids is 2. The summed E-state index contributed by atoms with van der Waals surface area (Å²) < 4.78 is 47.3. The Balaban J connectivity index is 1.36. The van der Waals surface area contributed by atoms with Crippen LogP contribution in [0.5, 0.6) is 6.01 Å². The molecule has 1 fully saturated rings. The van der Waals surface area contributed by atoms with Gasteiger partial charge in [-0.05, 0) is 30.7 Å². The molecule has 5 heterocycles. The Morgan fingerprint density at radius 2 is 1.90 bits per heavy atom. The summed E-state index contributed by atoms with van der Waals surface area (Å²) >= 11 is 6.09. The molecule has 0 unspecified atom stereocenters. The van der Waals surface area contributed by atoms with Gasteiger partial charge in [-0.15, -0.1) is 5.10 Å². The number of hydrogen-bond acceptors (Lipinski definition) is 10. The van der Waals surface area contributed by atoms with Crippen LogP contribution in [0.1, 0.15) is 24.6 Å². The molecule has 18 heteroatoms. The summed E-state index contributed by atoms with van der Waals surface area (Å²) in [7, 11) is 0. The number of amides is 2. The van der Waals surface area contributed by atoms with Gasteiger partial charge < -0.3 is 29.5 Å². The Kier molecular flexibility index (Phi) is 9.07. The van der Waals surface area contributed by atoms with Gasteiger partial charge in [0.25, 0.3) is 5.56 Å². The van der Waals surface area contributed by atoms with E-state index in [4.69, 9.17) is 16.3 Å². The second kappa shape index (κ2) is 13.2. The van der Waals surface area contributed by atoms with E-state index < -0.39 is 35.8 Å². The highest BCUT2D eigenvalue weighted by Crippen LogP contribution is 2.34. The molecular formula is C30H29ClF3N9O5. The highest BCUT2D eigenvalue weighted by molar-refractivity contribution is 6.33. The van der Waals surface area contributed by atoms with E-state index in [1.807, 2.05) is 4.90 Å². The summed E-state index contributed by atoms with van der Waals surface area (Å²) in [6.07, 6.45) is -0.747. The first-order valence-electron chi connectivity index (χ1n) is 15.0. The molecule has 1 aromatic carbocycles. The molecule has 48 heavy (non-hydrogen) atoms. The number of aromatic nitrogens is 6. The molecule has 252 valence electrons. The van der Waals surface area contributed by atoms with Crippen molar-refractivity contribution in [1.82, 2.24) is 34.0 Å². The third-order valence-electron chi connectivity index (χ3n) is 8.03. The zero-order valence-corrected chi connectivity index (χ0v) is 26.3. The molecule has 2 aliphatic heterocycles. The number of ether oxygens (including phenoxy) is 1. The van der Waals surface area contributed by atoms with Crippen molar-refractivity contribution in [2.45, 2.75) is 32.5 Å². The van der Waals surface area contributed by atoms with Gasteiger partial charge in [-0.2, -0.15) is 27.7 Å². The van der Waals surface area contributed by atoms with Crippen molar-refractivity contribution in [2.24, 2.45) is 0 Å². The largest absolute Gasteiger partial charge is 0.479 e. The zero-order valence-electron chi connectivity index (χ0n) is 25.5. The Bertz CT molecular complexity index is 1990.